The molecule has 30 heavy (non-hydrogen) atoms. The SMILES string of the molecule is Cc1ccc2c(c1)c(N=NC(=O)CNC(=O)c1ccccc1Cl)c(O)n2CC(C)C. The number of azo groups is 1. The van der Waals surface area contributed by atoms with Gasteiger partial charge in [0.05, 0.1) is 16.1 Å². The van der Waals surface area contributed by atoms with Gasteiger partial charge in [0, 0.05) is 11.9 Å². The van der Waals surface area contributed by atoms with Gasteiger partial charge in [-0.2, -0.15) is 0 Å². The van der Waals surface area contributed by atoms with Gasteiger partial charge in [-0.15, -0.1) is 10.2 Å². The van der Waals surface area contributed by atoms with Crippen LogP contribution in [0.2, 0.25) is 5.02 Å². The fraction of sp³-hybridized carbons (Fsp3) is 0.273. The Morgan fingerprint density at radius 2 is 1.93 bits per heavy atom. The molecule has 2 aromatic carbocycles. The topological polar surface area (TPSA) is 96.1 Å². The number of aromatic nitrogens is 1. The molecule has 0 saturated carbocycles. The Balaban J connectivity index is 1.79. The summed E-state index contributed by atoms with van der Waals surface area (Å²) in [6.45, 7) is 6.30. The monoisotopic (exact) mass is 426 g/mol. The van der Waals surface area contributed by atoms with Crippen molar-refractivity contribution in [3.05, 3.63) is 58.6 Å². The van der Waals surface area contributed by atoms with E-state index in [-0.39, 0.29) is 23.7 Å². The Morgan fingerprint density at radius 3 is 2.63 bits per heavy atom. The maximum atomic E-state index is 12.2. The molecule has 2 amide bonds. The second-order valence-electron chi connectivity index (χ2n) is 7.45. The molecule has 0 aliphatic heterocycles. The number of rotatable bonds is 6. The number of hydrogen-bond donors (Lipinski definition) is 2. The molecule has 0 radical (unpaired) electrons. The summed E-state index contributed by atoms with van der Waals surface area (Å²) in [7, 11) is 0. The average molecular weight is 427 g/mol. The highest BCUT2D eigenvalue weighted by atomic mass is 35.5. The van der Waals surface area contributed by atoms with Crippen LogP contribution in [0.1, 0.15) is 29.8 Å². The molecule has 0 aliphatic rings. The Bertz CT molecular complexity index is 1130. The second-order valence-corrected chi connectivity index (χ2v) is 7.86. The van der Waals surface area contributed by atoms with Crippen molar-refractivity contribution in [1.82, 2.24) is 9.88 Å². The van der Waals surface area contributed by atoms with E-state index in [2.05, 4.69) is 15.5 Å². The summed E-state index contributed by atoms with van der Waals surface area (Å²) < 4.78 is 1.76. The smallest absolute Gasteiger partial charge is 0.283 e. The van der Waals surface area contributed by atoms with Crippen molar-refractivity contribution >= 4 is 40.0 Å². The summed E-state index contributed by atoms with van der Waals surface area (Å²) in [6, 6.07) is 12.3. The van der Waals surface area contributed by atoms with Crippen LogP contribution in [0, 0.1) is 12.8 Å². The summed E-state index contributed by atoms with van der Waals surface area (Å²) in [4.78, 5) is 24.3. The predicted octanol–water partition coefficient (Wildman–Crippen LogP) is 5.01. The third kappa shape index (κ3) is 4.68. The minimum Gasteiger partial charge on any atom is -0.493 e. The van der Waals surface area contributed by atoms with Gasteiger partial charge in [0.2, 0.25) is 5.88 Å². The number of aryl methyl sites for hydroxylation is 1. The van der Waals surface area contributed by atoms with E-state index in [1.807, 2.05) is 39.0 Å². The highest BCUT2D eigenvalue weighted by Gasteiger charge is 2.18. The quantitative estimate of drug-likeness (QED) is 0.542. The molecule has 156 valence electrons. The number of halogens is 1. The van der Waals surface area contributed by atoms with Crippen LogP contribution in [-0.4, -0.2) is 28.0 Å². The number of hydrogen-bond acceptors (Lipinski definition) is 4. The fourth-order valence-electron chi connectivity index (χ4n) is 3.12. The first kappa shape index (κ1) is 21.5. The molecular weight excluding hydrogens is 404 g/mol. The van der Waals surface area contributed by atoms with Crippen LogP contribution in [0.15, 0.2) is 52.7 Å². The number of carbonyl (C=O) groups is 2. The Hall–Kier alpha value is -3.19. The molecule has 1 aromatic heterocycles. The molecule has 7 nitrogen and oxygen atoms in total. The van der Waals surface area contributed by atoms with Crippen LogP contribution in [-0.2, 0) is 11.3 Å². The molecule has 1 heterocycles. The molecular formula is C22H23ClN4O3. The van der Waals surface area contributed by atoms with E-state index < -0.39 is 11.8 Å². The number of benzene rings is 2. The van der Waals surface area contributed by atoms with Crippen molar-refractivity contribution in [2.24, 2.45) is 16.1 Å². The Morgan fingerprint density at radius 1 is 1.20 bits per heavy atom. The van der Waals surface area contributed by atoms with Gasteiger partial charge in [-0.05, 0) is 37.1 Å². The number of nitrogens with zero attached hydrogens (tertiary/aromatic N) is 3. The second kappa shape index (κ2) is 9.09. The first-order valence-electron chi connectivity index (χ1n) is 9.57. The largest absolute Gasteiger partial charge is 0.493 e. The van der Waals surface area contributed by atoms with E-state index in [9.17, 15) is 14.7 Å². The van der Waals surface area contributed by atoms with Gasteiger partial charge in [0.15, 0.2) is 5.69 Å². The van der Waals surface area contributed by atoms with Gasteiger partial charge >= 0.3 is 0 Å². The molecule has 0 unspecified atom stereocenters. The number of carbonyl (C=O) groups excluding carboxylic acids is 2. The van der Waals surface area contributed by atoms with Gasteiger partial charge in [-0.1, -0.05) is 49.2 Å². The maximum absolute atomic E-state index is 12.2. The number of aromatic hydroxyl groups is 1. The summed E-state index contributed by atoms with van der Waals surface area (Å²) in [5, 5.41) is 21.8. The molecule has 0 spiro atoms. The molecule has 0 fully saturated rings. The first-order valence-corrected chi connectivity index (χ1v) is 9.94. The van der Waals surface area contributed by atoms with Crippen molar-refractivity contribution in [2.45, 2.75) is 27.3 Å². The number of nitrogens with one attached hydrogen (secondary N) is 1. The van der Waals surface area contributed by atoms with E-state index in [1.54, 1.807) is 28.8 Å². The van der Waals surface area contributed by atoms with Crippen molar-refractivity contribution < 1.29 is 14.7 Å². The van der Waals surface area contributed by atoms with Crippen LogP contribution in [0.3, 0.4) is 0 Å². The molecule has 0 saturated heterocycles. The van der Waals surface area contributed by atoms with Crippen molar-refractivity contribution in [3.8, 4) is 5.88 Å². The van der Waals surface area contributed by atoms with E-state index in [0.29, 0.717) is 22.9 Å². The molecule has 0 atom stereocenters. The lowest BCUT2D eigenvalue weighted by atomic mass is 10.1. The summed E-state index contributed by atoms with van der Waals surface area (Å²) in [6.07, 6.45) is 0. The number of amides is 2. The van der Waals surface area contributed by atoms with Gasteiger partial charge in [-0.3, -0.25) is 9.59 Å². The Kier molecular flexibility index (Phi) is 6.52. The average Bonchev–Trinajstić information content (AvgIpc) is 2.95. The van der Waals surface area contributed by atoms with E-state index >= 15 is 0 Å². The van der Waals surface area contributed by atoms with Crippen LogP contribution in [0.5, 0.6) is 5.88 Å². The molecule has 0 aliphatic carbocycles. The van der Waals surface area contributed by atoms with Gasteiger partial charge in [0.25, 0.3) is 11.8 Å². The van der Waals surface area contributed by atoms with Crippen molar-refractivity contribution in [1.29, 1.82) is 0 Å². The minimum absolute atomic E-state index is 0.0408. The molecule has 3 aromatic rings. The van der Waals surface area contributed by atoms with Crippen molar-refractivity contribution in [3.63, 3.8) is 0 Å². The Labute approximate surface area is 179 Å². The van der Waals surface area contributed by atoms with E-state index in [0.717, 1.165) is 11.1 Å². The van der Waals surface area contributed by atoms with Gasteiger partial charge < -0.3 is 15.0 Å². The lowest BCUT2D eigenvalue weighted by Gasteiger charge is -2.09. The fourth-order valence-corrected chi connectivity index (χ4v) is 3.35. The van der Waals surface area contributed by atoms with E-state index in [4.69, 9.17) is 11.6 Å². The van der Waals surface area contributed by atoms with E-state index in [1.165, 1.54) is 0 Å². The normalized spacial score (nSPS) is 11.5. The maximum Gasteiger partial charge on any atom is 0.283 e. The molecule has 0 bridgehead atoms. The predicted molar refractivity (Wildman–Crippen MR) is 116 cm³/mol. The van der Waals surface area contributed by atoms with Gasteiger partial charge in [-0.25, -0.2) is 0 Å². The standard InChI is InChI=1S/C22H23ClN4O3/c1-13(2)12-27-18-9-8-14(3)10-16(18)20(22(27)30)26-25-19(28)11-24-21(29)15-6-4-5-7-17(15)23/h4-10,13,30H,11-12H2,1-3H3,(H,24,29). The zero-order valence-corrected chi connectivity index (χ0v) is 17.8. The first-order chi connectivity index (χ1) is 14.3. The lowest BCUT2D eigenvalue weighted by molar-refractivity contribution is -0.117. The molecule has 8 heteroatoms. The zero-order chi connectivity index (χ0) is 21.8. The van der Waals surface area contributed by atoms with Crippen LogP contribution >= 0.6 is 11.6 Å². The van der Waals surface area contributed by atoms with Crippen LogP contribution in [0.4, 0.5) is 5.69 Å². The highest BCUT2D eigenvalue weighted by molar-refractivity contribution is 6.33. The summed E-state index contributed by atoms with van der Waals surface area (Å²) >= 11 is 5.98. The van der Waals surface area contributed by atoms with Crippen LogP contribution < -0.4 is 5.32 Å². The number of fused-ring (bicyclic) bond motifs is 1. The highest BCUT2D eigenvalue weighted by Crippen LogP contribution is 2.39. The zero-order valence-electron chi connectivity index (χ0n) is 17.0. The van der Waals surface area contributed by atoms with Crippen molar-refractivity contribution in [2.75, 3.05) is 6.54 Å². The van der Waals surface area contributed by atoms with Crippen LogP contribution in [0.25, 0.3) is 10.9 Å². The minimum atomic E-state index is -0.646. The molecule has 2 N–H and O–H groups in total. The lowest BCUT2D eigenvalue weighted by Crippen LogP contribution is -2.28. The van der Waals surface area contributed by atoms with Gasteiger partial charge in [0.1, 0.15) is 6.54 Å². The third-order valence-corrected chi connectivity index (χ3v) is 4.82. The summed E-state index contributed by atoms with van der Waals surface area (Å²) in [5.41, 5.74) is 2.33. The third-order valence-electron chi connectivity index (χ3n) is 4.49. The summed E-state index contributed by atoms with van der Waals surface area (Å²) in [5.74, 6) is -0.858. The molecule has 3 rings (SSSR count).